The van der Waals surface area contributed by atoms with Crippen LogP contribution < -0.4 is 10.1 Å². The number of nitrogens with one attached hydrogen (secondary N) is 1. The molecule has 3 saturated heterocycles. The number of rotatable bonds is 14. The zero-order valence-electron chi connectivity index (χ0n) is 28.7. The monoisotopic (exact) mass is 689 g/mol. The first-order valence-electron chi connectivity index (χ1n) is 17.5. The van der Waals surface area contributed by atoms with Gasteiger partial charge in [0.2, 0.25) is 0 Å². The van der Waals surface area contributed by atoms with Crippen molar-refractivity contribution in [2.45, 2.75) is 38.5 Å². The van der Waals surface area contributed by atoms with E-state index in [2.05, 4.69) is 10.2 Å². The Labute approximate surface area is 298 Å². The van der Waals surface area contributed by atoms with Gasteiger partial charge in [-0.2, -0.15) is 0 Å². The Morgan fingerprint density at radius 2 is 1.59 bits per heavy atom. The lowest BCUT2D eigenvalue weighted by atomic mass is 9.86. The van der Waals surface area contributed by atoms with E-state index >= 15 is 0 Å². The van der Waals surface area contributed by atoms with E-state index in [9.17, 15) is 19.2 Å². The summed E-state index contributed by atoms with van der Waals surface area (Å²) in [5.74, 6) is 0.372. The van der Waals surface area contributed by atoms with Crippen molar-refractivity contribution in [3.63, 3.8) is 0 Å². The van der Waals surface area contributed by atoms with Gasteiger partial charge in [0.1, 0.15) is 31.4 Å². The Kier molecular flexibility index (Phi) is 11.8. The predicted octanol–water partition coefficient (Wildman–Crippen LogP) is 6.31. The molecule has 2 bridgehead atoms. The van der Waals surface area contributed by atoms with E-state index in [1.165, 1.54) is 0 Å². The average molecular weight is 690 g/mol. The van der Waals surface area contributed by atoms with Gasteiger partial charge in [0.25, 0.3) is 5.91 Å². The second-order valence-electron chi connectivity index (χ2n) is 12.9. The maximum atomic E-state index is 13.2. The van der Waals surface area contributed by atoms with Gasteiger partial charge >= 0.3 is 12.1 Å². The number of carbonyl (C=O) groups is 4. The Hall–Kier alpha value is -5.48. The van der Waals surface area contributed by atoms with Gasteiger partial charge in [-0.05, 0) is 91.9 Å². The highest BCUT2D eigenvalue weighted by molar-refractivity contribution is 5.95. The molecule has 51 heavy (non-hydrogen) atoms. The second kappa shape index (κ2) is 17.0. The molecule has 3 fully saturated rings. The number of nitrogens with zero attached hydrogens (tertiary/aromatic N) is 2. The zero-order valence-corrected chi connectivity index (χ0v) is 28.7. The largest absolute Gasteiger partial charge is 0.489 e. The number of ether oxygens (including phenoxy) is 3. The normalized spacial score (nSPS) is 18.3. The molecule has 0 saturated carbocycles. The molecule has 4 aromatic rings. The van der Waals surface area contributed by atoms with E-state index in [0.29, 0.717) is 34.9 Å². The van der Waals surface area contributed by atoms with Crippen LogP contribution in [0.4, 0.5) is 4.79 Å². The highest BCUT2D eigenvalue weighted by Gasteiger charge is 2.37. The predicted molar refractivity (Wildman–Crippen MR) is 192 cm³/mol. The first-order chi connectivity index (χ1) is 24.9. The number of fused-ring (bicyclic) bond motifs is 3. The zero-order chi connectivity index (χ0) is 35.6. The van der Waals surface area contributed by atoms with Gasteiger partial charge in [-0.3, -0.25) is 14.5 Å². The van der Waals surface area contributed by atoms with Crippen LogP contribution in [-0.2, 0) is 16.1 Å². The summed E-state index contributed by atoms with van der Waals surface area (Å²) in [5.41, 5.74) is 4.00. The minimum atomic E-state index is -0.486. The molecule has 0 aliphatic carbocycles. The standard InChI is InChI=1S/C41H43N3O7/c1-2-44(39(46)33-15-11-29(27-45)12-16-33)23-24-49-40(47)34-17-13-30(14-18-34)28-50-36-10-6-9-35(25-36)38(32-7-4-3-5-8-32)42-41(48)51-37-26-43-21-19-31(37)20-22-43/h3-18,25,27,31,37-38H,2,19-24,26,28H2,1H3,(H,42,48). The van der Waals surface area contributed by atoms with Gasteiger partial charge in [-0.25, -0.2) is 9.59 Å². The molecule has 0 aromatic heterocycles. The van der Waals surface area contributed by atoms with Crippen LogP contribution in [0.15, 0.2) is 103 Å². The van der Waals surface area contributed by atoms with Crippen LogP contribution in [0, 0.1) is 5.92 Å². The Balaban J connectivity index is 1.01. The summed E-state index contributed by atoms with van der Waals surface area (Å²) in [5, 5.41) is 3.11. The summed E-state index contributed by atoms with van der Waals surface area (Å²) < 4.78 is 17.5. The van der Waals surface area contributed by atoms with Crippen LogP contribution in [-0.4, -0.2) is 79.5 Å². The summed E-state index contributed by atoms with van der Waals surface area (Å²) in [6.07, 6.45) is 2.34. The first-order valence-corrected chi connectivity index (χ1v) is 17.5. The van der Waals surface area contributed by atoms with Crippen molar-refractivity contribution in [3.05, 3.63) is 137 Å². The molecule has 0 radical (unpaired) electrons. The third-order valence-corrected chi connectivity index (χ3v) is 9.59. The smallest absolute Gasteiger partial charge is 0.408 e. The van der Waals surface area contributed by atoms with Crippen LogP contribution in [0.2, 0.25) is 0 Å². The fourth-order valence-corrected chi connectivity index (χ4v) is 6.65. The molecule has 10 nitrogen and oxygen atoms in total. The minimum Gasteiger partial charge on any atom is -0.489 e. The van der Waals surface area contributed by atoms with E-state index in [-0.39, 0.29) is 31.8 Å². The van der Waals surface area contributed by atoms with Crippen LogP contribution in [0.3, 0.4) is 0 Å². The van der Waals surface area contributed by atoms with Crippen molar-refractivity contribution >= 4 is 24.3 Å². The Morgan fingerprint density at radius 3 is 2.25 bits per heavy atom. The van der Waals surface area contributed by atoms with Crippen molar-refractivity contribution in [1.29, 1.82) is 0 Å². The maximum Gasteiger partial charge on any atom is 0.408 e. The first kappa shape index (κ1) is 35.3. The Bertz CT molecular complexity index is 1790. The number of esters is 1. The molecule has 3 heterocycles. The van der Waals surface area contributed by atoms with E-state index in [4.69, 9.17) is 14.2 Å². The van der Waals surface area contributed by atoms with Gasteiger partial charge in [0.05, 0.1) is 18.2 Å². The van der Waals surface area contributed by atoms with Gasteiger partial charge in [-0.1, -0.05) is 66.7 Å². The lowest BCUT2D eigenvalue weighted by molar-refractivity contribution is -0.0336. The highest BCUT2D eigenvalue weighted by Crippen LogP contribution is 2.31. The maximum absolute atomic E-state index is 13.2. The Morgan fingerprint density at radius 1 is 0.882 bits per heavy atom. The van der Waals surface area contributed by atoms with Gasteiger partial charge < -0.3 is 24.4 Å². The van der Waals surface area contributed by atoms with E-state index in [1.807, 2.05) is 73.7 Å². The fraction of sp³-hybridized carbons (Fsp3) is 0.317. The number of piperidine rings is 3. The molecule has 3 aliphatic heterocycles. The number of amides is 2. The van der Waals surface area contributed by atoms with Gasteiger partial charge in [-0.15, -0.1) is 0 Å². The van der Waals surface area contributed by atoms with E-state index in [0.717, 1.165) is 55.5 Å². The van der Waals surface area contributed by atoms with Crippen molar-refractivity contribution in [3.8, 4) is 5.75 Å². The molecule has 7 rings (SSSR count). The van der Waals surface area contributed by atoms with Gasteiger partial charge in [0.15, 0.2) is 0 Å². The topological polar surface area (TPSA) is 114 Å². The molecular formula is C41H43N3O7. The molecule has 2 amide bonds. The summed E-state index contributed by atoms with van der Waals surface area (Å²) in [6, 6.07) is 30.4. The highest BCUT2D eigenvalue weighted by atomic mass is 16.6. The van der Waals surface area contributed by atoms with Crippen molar-refractivity contribution < 1.29 is 33.4 Å². The second-order valence-corrected chi connectivity index (χ2v) is 12.9. The molecule has 2 unspecified atom stereocenters. The van der Waals surface area contributed by atoms with Crippen molar-refractivity contribution in [2.75, 3.05) is 39.3 Å². The molecule has 1 N–H and O–H groups in total. The van der Waals surface area contributed by atoms with Crippen molar-refractivity contribution in [1.82, 2.24) is 15.1 Å². The molecular weight excluding hydrogens is 646 g/mol. The third kappa shape index (κ3) is 9.20. The number of hydrogen-bond donors (Lipinski definition) is 1. The lowest BCUT2D eigenvalue weighted by Gasteiger charge is -2.43. The molecule has 4 aromatic carbocycles. The van der Waals surface area contributed by atoms with E-state index in [1.54, 1.807) is 41.3 Å². The van der Waals surface area contributed by atoms with Crippen molar-refractivity contribution in [2.24, 2.45) is 5.92 Å². The number of aldehydes is 1. The number of carbonyl (C=O) groups excluding carboxylic acids is 4. The van der Waals surface area contributed by atoms with Crippen LogP contribution in [0.25, 0.3) is 0 Å². The fourth-order valence-electron chi connectivity index (χ4n) is 6.65. The van der Waals surface area contributed by atoms with Crippen LogP contribution >= 0.6 is 0 Å². The molecule has 264 valence electrons. The summed E-state index contributed by atoms with van der Waals surface area (Å²) in [6.45, 7) is 5.79. The quantitative estimate of drug-likeness (QED) is 0.121. The minimum absolute atomic E-state index is 0.0439. The van der Waals surface area contributed by atoms with Crippen LogP contribution in [0.1, 0.15) is 73.6 Å². The summed E-state index contributed by atoms with van der Waals surface area (Å²) in [4.78, 5) is 53.6. The molecule has 0 spiro atoms. The van der Waals surface area contributed by atoms with Gasteiger partial charge in [0, 0.05) is 24.2 Å². The SMILES string of the molecule is CCN(CCOC(=O)c1ccc(COc2cccc(C(NC(=O)OC3CN4CCC3CC4)c3ccccc3)c2)cc1)C(=O)c1ccc(C=O)cc1. The molecule has 2 atom stereocenters. The molecule has 3 aliphatic rings. The number of hydrogen-bond acceptors (Lipinski definition) is 8. The van der Waals surface area contributed by atoms with E-state index < -0.39 is 18.1 Å². The average Bonchev–Trinajstić information content (AvgIpc) is 3.18. The van der Waals surface area contributed by atoms with Crippen LogP contribution in [0.5, 0.6) is 5.75 Å². The summed E-state index contributed by atoms with van der Waals surface area (Å²) >= 11 is 0. The number of likely N-dealkylation sites (N-methyl/N-ethyl adjacent to an activating group) is 1. The lowest BCUT2D eigenvalue weighted by Crippen LogP contribution is -2.52. The number of alkyl carbamates (subject to hydrolysis) is 1. The number of benzene rings is 4. The summed E-state index contributed by atoms with van der Waals surface area (Å²) in [7, 11) is 0. The third-order valence-electron chi connectivity index (χ3n) is 9.59. The molecule has 10 heteroatoms.